The Morgan fingerprint density at radius 3 is 1.77 bits per heavy atom. The van der Waals surface area contributed by atoms with Gasteiger partial charge in [-0.25, -0.2) is 0 Å². The van der Waals surface area contributed by atoms with E-state index in [1.165, 1.54) is 103 Å². The fourth-order valence-corrected chi connectivity index (χ4v) is 7.02. The van der Waals surface area contributed by atoms with Crippen molar-refractivity contribution in [2.75, 3.05) is 0 Å². The average Bonchev–Trinajstić information content (AvgIpc) is 2.81. The monoisotopic (exact) mass is 432 g/mol. The number of carbonyl (C=O) groups excluding carboxylic acids is 1. The summed E-state index contributed by atoms with van der Waals surface area (Å²) >= 11 is 0. The first-order valence-electron chi connectivity index (χ1n) is 14.4. The van der Waals surface area contributed by atoms with Crippen LogP contribution in [0.2, 0.25) is 0 Å². The third-order valence-corrected chi connectivity index (χ3v) is 9.15. The van der Waals surface area contributed by atoms with E-state index in [1.54, 1.807) is 0 Å². The second-order valence-electron chi connectivity index (χ2n) is 11.5. The lowest BCUT2D eigenvalue weighted by atomic mass is 9.68. The highest BCUT2D eigenvalue weighted by Gasteiger charge is 2.34. The molecule has 0 aliphatic heterocycles. The van der Waals surface area contributed by atoms with Crippen LogP contribution in [-0.4, -0.2) is 12.1 Å². The van der Waals surface area contributed by atoms with Crippen molar-refractivity contribution >= 4 is 5.97 Å². The Morgan fingerprint density at radius 2 is 1.16 bits per heavy atom. The van der Waals surface area contributed by atoms with E-state index in [1.807, 2.05) is 0 Å². The highest BCUT2D eigenvalue weighted by molar-refractivity contribution is 5.72. The second kappa shape index (κ2) is 13.9. The van der Waals surface area contributed by atoms with Gasteiger partial charge in [0.25, 0.3) is 0 Å². The summed E-state index contributed by atoms with van der Waals surface area (Å²) in [7, 11) is 0. The molecule has 0 heterocycles. The molecular formula is C29H52O2. The van der Waals surface area contributed by atoms with Gasteiger partial charge in [0.1, 0.15) is 6.10 Å². The molecule has 3 aliphatic rings. The Kier molecular flexibility index (Phi) is 11.2. The molecule has 0 aromatic carbocycles. The lowest BCUT2D eigenvalue weighted by Crippen LogP contribution is -2.32. The summed E-state index contributed by atoms with van der Waals surface area (Å²) in [6, 6.07) is 0. The number of ether oxygens (including phenoxy) is 1. The normalized spacial score (nSPS) is 34.4. The smallest absolute Gasteiger partial charge is 0.309 e. The van der Waals surface area contributed by atoms with Crippen molar-refractivity contribution in [1.82, 2.24) is 0 Å². The van der Waals surface area contributed by atoms with Gasteiger partial charge in [-0.3, -0.25) is 4.79 Å². The Balaban J connectivity index is 1.27. The van der Waals surface area contributed by atoms with E-state index >= 15 is 0 Å². The first-order valence-corrected chi connectivity index (χ1v) is 14.4. The van der Waals surface area contributed by atoms with Crippen LogP contribution in [0.5, 0.6) is 0 Å². The maximum atomic E-state index is 12.7. The zero-order valence-corrected chi connectivity index (χ0v) is 20.9. The van der Waals surface area contributed by atoms with Crippen LogP contribution in [0.15, 0.2) is 0 Å². The molecule has 2 nitrogen and oxygen atoms in total. The molecule has 0 radical (unpaired) electrons. The van der Waals surface area contributed by atoms with Gasteiger partial charge >= 0.3 is 5.97 Å². The summed E-state index contributed by atoms with van der Waals surface area (Å²) in [6.45, 7) is 4.58. The molecule has 0 amide bonds. The van der Waals surface area contributed by atoms with E-state index in [0.29, 0.717) is 0 Å². The highest BCUT2D eigenvalue weighted by atomic mass is 16.5. The molecule has 0 N–H and O–H groups in total. The van der Waals surface area contributed by atoms with Crippen LogP contribution in [0.1, 0.15) is 142 Å². The summed E-state index contributed by atoms with van der Waals surface area (Å²) in [5.41, 5.74) is 0. The molecule has 180 valence electrons. The second-order valence-corrected chi connectivity index (χ2v) is 11.5. The van der Waals surface area contributed by atoms with Crippen LogP contribution in [0.25, 0.3) is 0 Å². The van der Waals surface area contributed by atoms with E-state index < -0.39 is 0 Å². The number of unbranched alkanes of at least 4 members (excludes halogenated alkanes) is 4. The molecule has 0 aromatic heterocycles. The number of hydrogen-bond donors (Lipinski definition) is 0. The van der Waals surface area contributed by atoms with Crippen LogP contribution in [-0.2, 0) is 9.53 Å². The summed E-state index contributed by atoms with van der Waals surface area (Å²) in [5, 5.41) is 0. The molecule has 0 atom stereocenters. The van der Waals surface area contributed by atoms with Crippen molar-refractivity contribution in [3.63, 3.8) is 0 Å². The number of esters is 1. The minimum atomic E-state index is 0.143. The molecule has 3 aliphatic carbocycles. The molecule has 3 saturated carbocycles. The number of carbonyl (C=O) groups is 1. The summed E-state index contributed by atoms with van der Waals surface area (Å²) in [5.74, 6) is 4.07. The van der Waals surface area contributed by atoms with Crippen molar-refractivity contribution < 1.29 is 9.53 Å². The maximum Gasteiger partial charge on any atom is 0.309 e. The van der Waals surface area contributed by atoms with Crippen molar-refractivity contribution in [2.24, 2.45) is 29.6 Å². The zero-order valence-electron chi connectivity index (χ0n) is 20.9. The molecule has 0 bridgehead atoms. The van der Waals surface area contributed by atoms with Gasteiger partial charge in [0.15, 0.2) is 0 Å². The van der Waals surface area contributed by atoms with Gasteiger partial charge in [-0.1, -0.05) is 78.1 Å². The Morgan fingerprint density at radius 1 is 0.613 bits per heavy atom. The zero-order chi connectivity index (χ0) is 21.9. The van der Waals surface area contributed by atoms with Gasteiger partial charge in [-0.05, 0) is 87.9 Å². The van der Waals surface area contributed by atoms with Gasteiger partial charge in [-0.2, -0.15) is 0 Å². The highest BCUT2D eigenvalue weighted by Crippen LogP contribution is 2.43. The first-order chi connectivity index (χ1) is 15.2. The molecule has 0 aromatic rings. The average molecular weight is 433 g/mol. The van der Waals surface area contributed by atoms with Gasteiger partial charge in [-0.15, -0.1) is 0 Å². The van der Waals surface area contributed by atoms with Crippen molar-refractivity contribution in [3.8, 4) is 0 Å². The SMILES string of the molecule is CCCCCCCC1CCC(C2CCC(C(=O)OC3CCC(CCC)CC3)CC2)CC1. The lowest BCUT2D eigenvalue weighted by Gasteiger charge is -2.38. The van der Waals surface area contributed by atoms with Gasteiger partial charge < -0.3 is 4.74 Å². The molecular weight excluding hydrogens is 380 g/mol. The molecule has 3 fully saturated rings. The van der Waals surface area contributed by atoms with E-state index in [4.69, 9.17) is 4.74 Å². The molecule has 31 heavy (non-hydrogen) atoms. The van der Waals surface area contributed by atoms with Crippen molar-refractivity contribution in [3.05, 3.63) is 0 Å². The fourth-order valence-electron chi connectivity index (χ4n) is 7.02. The quantitative estimate of drug-likeness (QED) is 0.241. The summed E-state index contributed by atoms with van der Waals surface area (Å²) in [6.07, 6.45) is 26.8. The maximum absolute atomic E-state index is 12.7. The van der Waals surface area contributed by atoms with E-state index in [2.05, 4.69) is 13.8 Å². The van der Waals surface area contributed by atoms with Crippen LogP contribution in [0, 0.1) is 29.6 Å². The minimum absolute atomic E-state index is 0.143. The molecule has 2 heteroatoms. The molecule has 0 spiro atoms. The van der Waals surface area contributed by atoms with E-state index in [-0.39, 0.29) is 18.0 Å². The first kappa shape index (κ1) is 25.1. The van der Waals surface area contributed by atoms with Gasteiger partial charge in [0.05, 0.1) is 5.92 Å². The third kappa shape index (κ3) is 8.39. The number of rotatable bonds is 11. The van der Waals surface area contributed by atoms with E-state index in [0.717, 1.165) is 49.4 Å². The fraction of sp³-hybridized carbons (Fsp3) is 0.966. The van der Waals surface area contributed by atoms with E-state index in [9.17, 15) is 4.79 Å². The Bertz CT molecular complexity index is 477. The van der Waals surface area contributed by atoms with Gasteiger partial charge in [0.2, 0.25) is 0 Å². The number of hydrogen-bond acceptors (Lipinski definition) is 2. The van der Waals surface area contributed by atoms with Crippen molar-refractivity contribution in [1.29, 1.82) is 0 Å². The molecule has 0 saturated heterocycles. The Labute approximate surface area is 193 Å². The van der Waals surface area contributed by atoms with Crippen LogP contribution in [0.3, 0.4) is 0 Å². The molecule has 0 unspecified atom stereocenters. The van der Waals surface area contributed by atoms with Crippen molar-refractivity contribution in [2.45, 2.75) is 148 Å². The van der Waals surface area contributed by atoms with Crippen LogP contribution >= 0.6 is 0 Å². The predicted molar refractivity (Wildman–Crippen MR) is 131 cm³/mol. The van der Waals surface area contributed by atoms with Gasteiger partial charge in [0, 0.05) is 0 Å². The minimum Gasteiger partial charge on any atom is -0.462 e. The van der Waals surface area contributed by atoms with Crippen LogP contribution in [0.4, 0.5) is 0 Å². The Hall–Kier alpha value is -0.530. The third-order valence-electron chi connectivity index (χ3n) is 9.15. The summed E-state index contributed by atoms with van der Waals surface area (Å²) < 4.78 is 5.98. The van der Waals surface area contributed by atoms with Crippen LogP contribution < -0.4 is 0 Å². The topological polar surface area (TPSA) is 26.3 Å². The largest absolute Gasteiger partial charge is 0.462 e. The molecule has 3 rings (SSSR count). The standard InChI is InChI=1S/C29H52O2/c1-3-5-6-7-8-10-24-11-15-25(16-12-24)26-17-19-27(20-18-26)29(30)31-28-21-13-23(9-4-2)14-22-28/h23-28H,3-22H2,1-2H3. The predicted octanol–water partition coefficient (Wildman–Crippen LogP) is 8.86. The summed E-state index contributed by atoms with van der Waals surface area (Å²) in [4.78, 5) is 12.7. The lowest BCUT2D eigenvalue weighted by molar-refractivity contribution is -0.157.